The molecule has 4 aromatic rings. The number of ether oxygens (including phenoxy) is 1. The molecule has 2 atom stereocenters. The Bertz CT molecular complexity index is 1310. The Hall–Kier alpha value is -3.10. The van der Waals surface area contributed by atoms with E-state index in [0.29, 0.717) is 5.56 Å². The lowest BCUT2D eigenvalue weighted by Gasteiger charge is -2.32. The summed E-state index contributed by atoms with van der Waals surface area (Å²) in [7, 11) is 1.66. The number of nitrogens with zero attached hydrogens (tertiary/aromatic N) is 4. The summed E-state index contributed by atoms with van der Waals surface area (Å²) in [5, 5.41) is 10.5. The van der Waals surface area contributed by atoms with Crippen LogP contribution in [0.5, 0.6) is 5.75 Å². The second kappa shape index (κ2) is 10.3. The number of piperidine rings is 1. The van der Waals surface area contributed by atoms with E-state index in [2.05, 4.69) is 31.6 Å². The third kappa shape index (κ3) is 4.73. The van der Waals surface area contributed by atoms with E-state index >= 15 is 0 Å². The summed E-state index contributed by atoms with van der Waals surface area (Å²) < 4.78 is 7.46. The number of ketones is 1. The zero-order valence-electron chi connectivity index (χ0n) is 20.4. The van der Waals surface area contributed by atoms with Gasteiger partial charge in [-0.3, -0.25) is 14.3 Å². The minimum Gasteiger partial charge on any atom is -0.497 e. The number of aromatic amines is 1. The van der Waals surface area contributed by atoms with E-state index in [1.54, 1.807) is 7.11 Å². The number of hydrogen-bond donors (Lipinski definition) is 1. The van der Waals surface area contributed by atoms with Crippen molar-refractivity contribution in [2.75, 3.05) is 20.2 Å². The fourth-order valence-corrected chi connectivity index (χ4v) is 5.72. The minimum absolute atomic E-state index is 0.0716. The molecule has 2 aromatic heterocycles. The van der Waals surface area contributed by atoms with Gasteiger partial charge in [-0.05, 0) is 70.1 Å². The Labute approximate surface area is 209 Å². The highest BCUT2D eigenvalue weighted by Crippen LogP contribution is 2.33. The van der Waals surface area contributed by atoms with Crippen LogP contribution in [0.1, 0.15) is 55.3 Å². The summed E-state index contributed by atoms with van der Waals surface area (Å²) in [6, 6.07) is 15.9. The molecule has 0 unspecified atom stereocenters. The smallest absolute Gasteiger partial charge is 0.196 e. The van der Waals surface area contributed by atoms with Gasteiger partial charge in [-0.15, -0.1) is 10.2 Å². The molecule has 0 bridgehead atoms. The van der Waals surface area contributed by atoms with Gasteiger partial charge in [0.25, 0.3) is 0 Å². The van der Waals surface area contributed by atoms with Gasteiger partial charge in [-0.1, -0.05) is 36.4 Å². The second-order valence-corrected chi connectivity index (χ2v) is 10.3. The predicted octanol–water partition coefficient (Wildman–Crippen LogP) is 5.67. The Morgan fingerprint density at radius 1 is 1.03 bits per heavy atom. The second-order valence-electron chi connectivity index (χ2n) is 9.02. The molecule has 2 aromatic carbocycles. The number of H-pyrrole nitrogens is 1. The highest BCUT2D eigenvalue weighted by molar-refractivity contribution is 8.00. The molecule has 0 spiro atoms. The van der Waals surface area contributed by atoms with Crippen LogP contribution in [-0.4, -0.2) is 55.9 Å². The molecule has 8 heteroatoms. The Morgan fingerprint density at radius 3 is 2.51 bits per heavy atom. The fraction of sp³-hybridized carbons (Fsp3) is 0.370. The van der Waals surface area contributed by atoms with E-state index in [1.165, 1.54) is 31.0 Å². The van der Waals surface area contributed by atoms with Crippen molar-refractivity contribution in [1.82, 2.24) is 24.6 Å². The number of carbonyl (C=O) groups is 1. The van der Waals surface area contributed by atoms with Crippen molar-refractivity contribution < 1.29 is 9.53 Å². The monoisotopic (exact) mass is 489 g/mol. The Balaban J connectivity index is 1.47. The third-order valence-corrected chi connectivity index (χ3v) is 7.85. The molecular weight excluding hydrogens is 458 g/mol. The number of carbonyl (C=O) groups excluding carboxylic acids is 1. The van der Waals surface area contributed by atoms with Crippen molar-refractivity contribution in [2.45, 2.75) is 49.6 Å². The zero-order chi connectivity index (χ0) is 24.4. The molecule has 1 N–H and O–H groups in total. The maximum atomic E-state index is 13.4. The maximum Gasteiger partial charge on any atom is 0.196 e. The highest BCUT2D eigenvalue weighted by Gasteiger charge is 2.28. The van der Waals surface area contributed by atoms with Gasteiger partial charge in [-0.25, -0.2) is 0 Å². The van der Waals surface area contributed by atoms with Crippen LogP contribution in [0.2, 0.25) is 0 Å². The summed E-state index contributed by atoms with van der Waals surface area (Å²) in [6.45, 7) is 6.27. The lowest BCUT2D eigenvalue weighted by molar-refractivity contribution is 0.0995. The molecule has 3 heterocycles. The van der Waals surface area contributed by atoms with Crippen LogP contribution in [0.4, 0.5) is 0 Å². The Kier molecular flexibility index (Phi) is 6.92. The number of fused-ring (bicyclic) bond motifs is 1. The number of hydrogen-bond acceptors (Lipinski definition) is 6. The number of likely N-dealkylation sites (tertiary alicyclic amines) is 1. The molecule has 182 valence electrons. The van der Waals surface area contributed by atoms with Gasteiger partial charge in [0.05, 0.1) is 18.4 Å². The van der Waals surface area contributed by atoms with Gasteiger partial charge in [0, 0.05) is 28.4 Å². The number of benzene rings is 2. The number of rotatable bonds is 8. The largest absolute Gasteiger partial charge is 0.497 e. The van der Waals surface area contributed by atoms with Crippen LogP contribution < -0.4 is 4.74 Å². The summed E-state index contributed by atoms with van der Waals surface area (Å²) in [6.07, 6.45) is 5.50. The predicted molar refractivity (Wildman–Crippen MR) is 140 cm³/mol. The molecule has 1 aliphatic rings. The standard InChI is InChI=1S/C27H31N5O2S/c1-18(31-15-7-4-8-16-31)26-29-30-27(32(26)20-11-13-21(34-3)14-12-20)35-19(2)25(33)23-17-28-24-10-6-5-9-22(23)24/h5-6,9-14,17-19,28H,4,7-8,15-16H2,1-3H3/t18-,19-/m0/s1. The first kappa shape index (κ1) is 23.6. The fourth-order valence-electron chi connectivity index (χ4n) is 4.78. The molecule has 1 aliphatic heterocycles. The zero-order valence-corrected chi connectivity index (χ0v) is 21.2. The number of methoxy groups -OCH3 is 1. The molecule has 7 nitrogen and oxygen atoms in total. The van der Waals surface area contributed by atoms with Gasteiger partial charge in [0.1, 0.15) is 5.75 Å². The molecule has 0 radical (unpaired) electrons. The molecular formula is C27H31N5O2S. The number of nitrogens with one attached hydrogen (secondary N) is 1. The van der Waals surface area contributed by atoms with Gasteiger partial charge < -0.3 is 9.72 Å². The number of Topliss-reactive ketones (excluding diaryl/α,β-unsaturated/α-hetero) is 1. The van der Waals surface area contributed by atoms with E-state index < -0.39 is 0 Å². The van der Waals surface area contributed by atoms with Crippen LogP contribution in [0.15, 0.2) is 59.9 Å². The van der Waals surface area contributed by atoms with Crippen molar-refractivity contribution >= 4 is 28.4 Å². The Morgan fingerprint density at radius 2 is 1.77 bits per heavy atom. The van der Waals surface area contributed by atoms with Crippen LogP contribution >= 0.6 is 11.8 Å². The van der Waals surface area contributed by atoms with E-state index in [1.807, 2.05) is 61.7 Å². The quantitative estimate of drug-likeness (QED) is 0.254. The highest BCUT2D eigenvalue weighted by atomic mass is 32.2. The normalized spacial score (nSPS) is 16.3. The number of thioether (sulfide) groups is 1. The van der Waals surface area contributed by atoms with Gasteiger partial charge in [0.15, 0.2) is 16.8 Å². The third-order valence-electron chi connectivity index (χ3n) is 6.81. The van der Waals surface area contributed by atoms with E-state index in [9.17, 15) is 4.79 Å². The van der Waals surface area contributed by atoms with Crippen molar-refractivity contribution in [1.29, 1.82) is 0 Å². The van der Waals surface area contributed by atoms with Crippen LogP contribution in [0, 0.1) is 0 Å². The van der Waals surface area contributed by atoms with Gasteiger partial charge in [-0.2, -0.15) is 0 Å². The number of aromatic nitrogens is 4. The molecule has 5 rings (SSSR count). The first-order valence-electron chi connectivity index (χ1n) is 12.2. The molecule has 0 saturated carbocycles. The van der Waals surface area contributed by atoms with Crippen LogP contribution in [0.3, 0.4) is 0 Å². The average molecular weight is 490 g/mol. The molecule has 35 heavy (non-hydrogen) atoms. The number of para-hydroxylation sites is 1. The first-order chi connectivity index (χ1) is 17.1. The van der Waals surface area contributed by atoms with E-state index in [4.69, 9.17) is 4.74 Å². The molecule has 1 saturated heterocycles. The summed E-state index contributed by atoms with van der Waals surface area (Å²) in [5.74, 6) is 1.76. The summed E-state index contributed by atoms with van der Waals surface area (Å²) in [4.78, 5) is 19.1. The van der Waals surface area contributed by atoms with Crippen LogP contribution in [0.25, 0.3) is 16.6 Å². The van der Waals surface area contributed by atoms with Crippen molar-refractivity contribution in [3.8, 4) is 11.4 Å². The molecule has 0 aliphatic carbocycles. The summed E-state index contributed by atoms with van der Waals surface area (Å²) in [5.41, 5.74) is 2.63. The molecule has 1 fully saturated rings. The maximum absolute atomic E-state index is 13.4. The van der Waals surface area contributed by atoms with Crippen LogP contribution in [-0.2, 0) is 0 Å². The lowest BCUT2D eigenvalue weighted by atomic mass is 10.1. The van der Waals surface area contributed by atoms with Crippen molar-refractivity contribution in [3.05, 3.63) is 66.1 Å². The first-order valence-corrected chi connectivity index (χ1v) is 13.1. The SMILES string of the molecule is COc1ccc(-n2c(S[C@@H](C)C(=O)c3c[nH]c4ccccc34)nnc2[C@H](C)N2CCCCC2)cc1. The van der Waals surface area contributed by atoms with E-state index in [-0.39, 0.29) is 17.1 Å². The average Bonchev–Trinajstić information content (AvgIpc) is 3.53. The van der Waals surface area contributed by atoms with Crippen molar-refractivity contribution in [2.24, 2.45) is 0 Å². The van der Waals surface area contributed by atoms with Crippen molar-refractivity contribution in [3.63, 3.8) is 0 Å². The van der Waals surface area contributed by atoms with Gasteiger partial charge in [0.2, 0.25) is 0 Å². The molecule has 0 amide bonds. The lowest BCUT2D eigenvalue weighted by Crippen LogP contribution is -2.33. The van der Waals surface area contributed by atoms with Gasteiger partial charge >= 0.3 is 0 Å². The minimum atomic E-state index is -0.325. The van der Waals surface area contributed by atoms with E-state index in [0.717, 1.165) is 46.4 Å². The topological polar surface area (TPSA) is 76.0 Å². The summed E-state index contributed by atoms with van der Waals surface area (Å²) >= 11 is 1.45.